The second kappa shape index (κ2) is 10.2. The van der Waals surface area contributed by atoms with Crippen LogP contribution < -0.4 is 22.1 Å². The molecule has 1 atom stereocenters. The summed E-state index contributed by atoms with van der Waals surface area (Å²) < 4.78 is 0. The number of nitrogens with two attached hydrogens (primary N) is 2. The number of amides is 2. The molecule has 8 heteroatoms. The normalized spacial score (nSPS) is 11.1. The molecule has 0 saturated heterocycles. The van der Waals surface area contributed by atoms with Gasteiger partial charge in [-0.15, -0.1) is 12.4 Å². The first-order valence-electron chi connectivity index (χ1n) is 8.08. The van der Waals surface area contributed by atoms with Crippen molar-refractivity contribution in [2.75, 3.05) is 11.9 Å². The van der Waals surface area contributed by atoms with Crippen molar-refractivity contribution in [1.82, 2.24) is 5.32 Å². The van der Waals surface area contributed by atoms with E-state index >= 15 is 0 Å². The monoisotopic (exact) mass is 377 g/mol. The number of benzene rings is 2. The van der Waals surface area contributed by atoms with Gasteiger partial charge in [-0.1, -0.05) is 30.3 Å². The van der Waals surface area contributed by atoms with E-state index in [4.69, 9.17) is 11.5 Å². The Morgan fingerprint density at radius 3 is 2.46 bits per heavy atom. The fourth-order valence-corrected chi connectivity index (χ4v) is 2.51. The van der Waals surface area contributed by atoms with Crippen molar-refractivity contribution in [2.24, 2.45) is 16.5 Å². The number of fused-ring (bicyclic) bond motifs is 1. The highest BCUT2D eigenvalue weighted by Gasteiger charge is 2.19. The predicted molar refractivity (Wildman–Crippen MR) is 107 cm³/mol. The summed E-state index contributed by atoms with van der Waals surface area (Å²) in [6, 6.07) is 12.9. The van der Waals surface area contributed by atoms with E-state index in [2.05, 4.69) is 15.6 Å². The SMILES string of the molecule is CC(=O)N[C@@H](CCCN=C(N)N)C(=O)Nc1ccc2ccccc2c1.Cl. The zero-order chi connectivity index (χ0) is 18.2. The quantitative estimate of drug-likeness (QED) is 0.333. The van der Waals surface area contributed by atoms with Gasteiger partial charge in [0.2, 0.25) is 11.8 Å². The lowest BCUT2D eigenvalue weighted by molar-refractivity contribution is -0.125. The maximum atomic E-state index is 12.5. The third kappa shape index (κ3) is 6.60. The standard InChI is InChI=1S/C18H23N5O2.ClH/c1-12(24)22-16(7-4-10-21-18(19)20)17(25)23-15-9-8-13-5-2-3-6-14(13)11-15;/h2-3,5-6,8-9,11,16H,4,7,10H2,1H3,(H,22,24)(H,23,25)(H4,19,20,21);1H/t16-;/m0./s1. The molecule has 0 aliphatic heterocycles. The third-order valence-electron chi connectivity index (χ3n) is 3.66. The maximum Gasteiger partial charge on any atom is 0.246 e. The van der Waals surface area contributed by atoms with E-state index in [1.807, 2.05) is 42.5 Å². The van der Waals surface area contributed by atoms with Crippen LogP contribution in [-0.4, -0.2) is 30.4 Å². The lowest BCUT2D eigenvalue weighted by atomic mass is 10.1. The minimum absolute atomic E-state index is 0. The van der Waals surface area contributed by atoms with Crippen LogP contribution in [0.1, 0.15) is 19.8 Å². The highest BCUT2D eigenvalue weighted by molar-refractivity contribution is 5.98. The Hall–Kier alpha value is -2.80. The molecule has 0 aromatic heterocycles. The summed E-state index contributed by atoms with van der Waals surface area (Å²) in [5.74, 6) is -0.521. The Labute approximate surface area is 158 Å². The number of hydrogen-bond acceptors (Lipinski definition) is 3. The molecule has 2 amide bonds. The highest BCUT2D eigenvalue weighted by atomic mass is 35.5. The molecule has 2 aromatic carbocycles. The van der Waals surface area contributed by atoms with Crippen molar-refractivity contribution >= 4 is 46.6 Å². The Morgan fingerprint density at radius 1 is 1.12 bits per heavy atom. The third-order valence-corrected chi connectivity index (χ3v) is 3.66. The van der Waals surface area contributed by atoms with Crippen LogP contribution in [0.2, 0.25) is 0 Å². The Morgan fingerprint density at radius 2 is 1.81 bits per heavy atom. The largest absolute Gasteiger partial charge is 0.370 e. The van der Waals surface area contributed by atoms with Gasteiger partial charge < -0.3 is 22.1 Å². The summed E-state index contributed by atoms with van der Waals surface area (Å²) in [5.41, 5.74) is 11.2. The topological polar surface area (TPSA) is 123 Å². The zero-order valence-corrected chi connectivity index (χ0v) is 15.4. The van der Waals surface area contributed by atoms with Crippen LogP contribution >= 0.6 is 12.4 Å². The minimum Gasteiger partial charge on any atom is -0.370 e. The molecule has 0 spiro atoms. The van der Waals surface area contributed by atoms with Crippen molar-refractivity contribution in [3.63, 3.8) is 0 Å². The molecule has 0 bridgehead atoms. The number of aliphatic imine (C=N–C) groups is 1. The van der Waals surface area contributed by atoms with Crippen LogP contribution in [0.5, 0.6) is 0 Å². The van der Waals surface area contributed by atoms with Crippen molar-refractivity contribution in [3.8, 4) is 0 Å². The first-order valence-corrected chi connectivity index (χ1v) is 8.08. The van der Waals surface area contributed by atoms with E-state index in [1.54, 1.807) is 0 Å². The Bertz CT molecular complexity index is 790. The molecule has 2 aromatic rings. The van der Waals surface area contributed by atoms with Crippen LogP contribution in [-0.2, 0) is 9.59 Å². The molecule has 2 rings (SSSR count). The van der Waals surface area contributed by atoms with Crippen LogP contribution in [0.3, 0.4) is 0 Å². The first kappa shape index (κ1) is 21.2. The summed E-state index contributed by atoms with van der Waals surface area (Å²) in [4.78, 5) is 27.8. The summed E-state index contributed by atoms with van der Waals surface area (Å²) in [5, 5.41) is 7.64. The van der Waals surface area contributed by atoms with Gasteiger partial charge in [0, 0.05) is 19.2 Å². The van der Waals surface area contributed by atoms with Crippen molar-refractivity contribution < 1.29 is 9.59 Å². The van der Waals surface area contributed by atoms with Crippen molar-refractivity contribution in [2.45, 2.75) is 25.8 Å². The van der Waals surface area contributed by atoms with Gasteiger partial charge in [0.05, 0.1) is 0 Å². The molecule has 0 aliphatic rings. The maximum absolute atomic E-state index is 12.5. The molecule has 0 radical (unpaired) electrons. The number of nitrogens with one attached hydrogen (secondary N) is 2. The zero-order valence-electron chi connectivity index (χ0n) is 14.6. The fourth-order valence-electron chi connectivity index (χ4n) is 2.51. The van der Waals surface area contributed by atoms with E-state index in [0.717, 1.165) is 10.8 Å². The van der Waals surface area contributed by atoms with Gasteiger partial charge >= 0.3 is 0 Å². The molecule has 0 aliphatic carbocycles. The number of hydrogen-bond donors (Lipinski definition) is 4. The van der Waals surface area contributed by atoms with Crippen LogP contribution in [0.15, 0.2) is 47.5 Å². The lowest BCUT2D eigenvalue weighted by Crippen LogP contribution is -2.43. The first-order chi connectivity index (χ1) is 12.0. The van der Waals surface area contributed by atoms with Gasteiger partial charge in [0.1, 0.15) is 6.04 Å². The van der Waals surface area contributed by atoms with E-state index in [0.29, 0.717) is 25.1 Å². The summed E-state index contributed by atoms with van der Waals surface area (Å²) >= 11 is 0. The molecular weight excluding hydrogens is 354 g/mol. The molecule has 0 fully saturated rings. The molecule has 0 saturated carbocycles. The lowest BCUT2D eigenvalue weighted by Gasteiger charge is -2.17. The predicted octanol–water partition coefficient (Wildman–Crippen LogP) is 1.76. The van der Waals surface area contributed by atoms with Crippen LogP contribution in [0, 0.1) is 0 Å². The minimum atomic E-state index is -0.641. The molecule has 7 nitrogen and oxygen atoms in total. The smallest absolute Gasteiger partial charge is 0.246 e. The Balaban J connectivity index is 0.00000338. The van der Waals surface area contributed by atoms with Gasteiger partial charge in [0.15, 0.2) is 5.96 Å². The molecule has 0 unspecified atom stereocenters. The second-order valence-electron chi connectivity index (χ2n) is 5.75. The highest BCUT2D eigenvalue weighted by Crippen LogP contribution is 2.19. The van der Waals surface area contributed by atoms with E-state index in [9.17, 15) is 9.59 Å². The molecule has 0 heterocycles. The molecular formula is C18H24ClN5O2. The number of guanidine groups is 1. The van der Waals surface area contributed by atoms with E-state index in [-0.39, 0.29) is 30.2 Å². The summed E-state index contributed by atoms with van der Waals surface area (Å²) in [6.45, 7) is 1.79. The van der Waals surface area contributed by atoms with Crippen molar-refractivity contribution in [1.29, 1.82) is 0 Å². The number of anilines is 1. The summed E-state index contributed by atoms with van der Waals surface area (Å²) in [6.07, 6.45) is 1.02. The molecule has 140 valence electrons. The second-order valence-corrected chi connectivity index (χ2v) is 5.75. The van der Waals surface area contributed by atoms with Gasteiger partial charge in [-0.3, -0.25) is 14.6 Å². The Kier molecular flexibility index (Phi) is 8.37. The van der Waals surface area contributed by atoms with Crippen LogP contribution in [0.4, 0.5) is 5.69 Å². The van der Waals surface area contributed by atoms with Crippen molar-refractivity contribution in [3.05, 3.63) is 42.5 Å². The number of carbonyl (C=O) groups excluding carboxylic acids is 2. The van der Waals surface area contributed by atoms with Gasteiger partial charge in [-0.25, -0.2) is 0 Å². The van der Waals surface area contributed by atoms with Crippen LogP contribution in [0.25, 0.3) is 10.8 Å². The van der Waals surface area contributed by atoms with E-state index in [1.165, 1.54) is 6.92 Å². The average molecular weight is 378 g/mol. The van der Waals surface area contributed by atoms with Gasteiger partial charge in [0.25, 0.3) is 0 Å². The molecule has 26 heavy (non-hydrogen) atoms. The number of carbonyl (C=O) groups is 2. The van der Waals surface area contributed by atoms with Gasteiger partial charge in [-0.05, 0) is 35.7 Å². The fraction of sp³-hybridized carbons (Fsp3) is 0.278. The summed E-state index contributed by atoms with van der Waals surface area (Å²) in [7, 11) is 0. The number of halogens is 1. The number of nitrogens with zero attached hydrogens (tertiary/aromatic N) is 1. The average Bonchev–Trinajstić information content (AvgIpc) is 2.57. The van der Waals surface area contributed by atoms with Gasteiger partial charge in [-0.2, -0.15) is 0 Å². The molecule has 6 N–H and O–H groups in total. The number of rotatable bonds is 7. The van der Waals surface area contributed by atoms with E-state index < -0.39 is 6.04 Å².